The van der Waals surface area contributed by atoms with Crippen LogP contribution in [-0.4, -0.2) is 27.2 Å². The average Bonchev–Trinajstić information content (AvgIpc) is 3.14. The number of aromatic nitrogens is 2. The third-order valence-electron chi connectivity index (χ3n) is 3.45. The van der Waals surface area contributed by atoms with Crippen molar-refractivity contribution in [2.75, 3.05) is 0 Å². The molecule has 3 aromatic rings. The van der Waals surface area contributed by atoms with Gasteiger partial charge < -0.3 is 5.11 Å². The highest BCUT2D eigenvalue weighted by Gasteiger charge is 2.10. The normalized spacial score (nSPS) is 10.8. The van der Waals surface area contributed by atoms with Crippen LogP contribution in [0.5, 0.6) is 5.75 Å². The van der Waals surface area contributed by atoms with Gasteiger partial charge in [0.15, 0.2) is 0 Å². The number of aromatic amines is 1. The summed E-state index contributed by atoms with van der Waals surface area (Å²) in [5.41, 5.74) is 3.72. The summed E-state index contributed by atoms with van der Waals surface area (Å²) < 4.78 is 0. The lowest BCUT2D eigenvalue weighted by Crippen LogP contribution is -2.18. The Balaban J connectivity index is 1.68. The van der Waals surface area contributed by atoms with Crippen LogP contribution >= 0.6 is 0 Å². The molecule has 1 aromatic heterocycles. The maximum Gasteiger partial charge on any atom is 0.289 e. The van der Waals surface area contributed by atoms with Crippen LogP contribution in [-0.2, 0) is 0 Å². The minimum atomic E-state index is -0.770. The smallest absolute Gasteiger partial charge is 0.289 e. The quantitative estimate of drug-likeness (QED) is 0.411. The van der Waals surface area contributed by atoms with Crippen molar-refractivity contribution in [3.8, 4) is 17.0 Å². The van der Waals surface area contributed by atoms with Gasteiger partial charge in [-0.15, -0.1) is 0 Å². The molecule has 0 fully saturated rings. The van der Waals surface area contributed by atoms with E-state index >= 15 is 0 Å². The first kappa shape index (κ1) is 16.8. The Bertz CT molecular complexity index is 982. The van der Waals surface area contributed by atoms with Crippen LogP contribution in [0.3, 0.4) is 0 Å². The van der Waals surface area contributed by atoms with E-state index in [0.29, 0.717) is 11.3 Å². The van der Waals surface area contributed by atoms with Crippen molar-refractivity contribution in [3.63, 3.8) is 0 Å². The van der Waals surface area contributed by atoms with Gasteiger partial charge in [-0.25, -0.2) is 5.43 Å². The molecule has 0 spiro atoms. The van der Waals surface area contributed by atoms with Crippen molar-refractivity contribution in [1.29, 1.82) is 0 Å². The standard InChI is InChI=1S/C17H13N5O4/c23-16-7-6-11(8-15(16)22(25)26)10-18-21-17(24)14-9-13(19-20-14)12-4-2-1-3-5-12/h1-10,23H,(H,19,20)(H,21,24)/p-1/b18-10-. The maximum atomic E-state index is 12.1. The number of nitrogens with zero attached hydrogens (tertiary/aromatic N) is 3. The molecule has 2 N–H and O–H groups in total. The topological polar surface area (TPSA) is 136 Å². The molecule has 9 heteroatoms. The zero-order chi connectivity index (χ0) is 18.5. The fourth-order valence-corrected chi connectivity index (χ4v) is 2.18. The molecule has 1 heterocycles. The average molecular weight is 350 g/mol. The van der Waals surface area contributed by atoms with Gasteiger partial charge in [-0.3, -0.25) is 20.0 Å². The number of nitro groups is 1. The van der Waals surface area contributed by atoms with Crippen LogP contribution in [0, 0.1) is 10.1 Å². The lowest BCUT2D eigenvalue weighted by Gasteiger charge is -2.05. The number of nitrogens with one attached hydrogen (secondary N) is 2. The van der Waals surface area contributed by atoms with Crippen molar-refractivity contribution in [2.45, 2.75) is 0 Å². The van der Waals surface area contributed by atoms with Crippen LogP contribution in [0.4, 0.5) is 5.69 Å². The van der Waals surface area contributed by atoms with E-state index in [0.717, 1.165) is 17.7 Å². The minimum Gasteiger partial charge on any atom is -0.868 e. The van der Waals surface area contributed by atoms with Gasteiger partial charge in [0.25, 0.3) is 11.6 Å². The van der Waals surface area contributed by atoms with E-state index in [2.05, 4.69) is 20.7 Å². The highest BCUT2D eigenvalue weighted by molar-refractivity contribution is 5.94. The SMILES string of the molecule is O=C(N/N=C\c1ccc([O-])c([N+](=O)[O-])c1)c1cc(-c2ccccc2)n[nH]1. The number of H-pyrrole nitrogens is 1. The van der Waals surface area contributed by atoms with E-state index in [4.69, 9.17) is 0 Å². The highest BCUT2D eigenvalue weighted by Crippen LogP contribution is 2.23. The van der Waals surface area contributed by atoms with Crippen molar-refractivity contribution in [1.82, 2.24) is 15.6 Å². The Morgan fingerprint density at radius 3 is 2.69 bits per heavy atom. The zero-order valence-corrected chi connectivity index (χ0v) is 13.2. The Hall–Kier alpha value is -4.01. The van der Waals surface area contributed by atoms with Crippen molar-refractivity contribution < 1.29 is 14.8 Å². The molecule has 26 heavy (non-hydrogen) atoms. The van der Waals surface area contributed by atoms with Gasteiger partial charge in [0.05, 0.1) is 16.8 Å². The molecule has 1 amide bonds. The van der Waals surface area contributed by atoms with Gasteiger partial charge >= 0.3 is 0 Å². The highest BCUT2D eigenvalue weighted by atomic mass is 16.6. The Kier molecular flexibility index (Phi) is 4.70. The molecule has 0 unspecified atom stereocenters. The molecule has 0 radical (unpaired) electrons. The molecular formula is C17H12N5O4-. The Morgan fingerprint density at radius 1 is 1.19 bits per heavy atom. The summed E-state index contributed by atoms with van der Waals surface area (Å²) in [6.07, 6.45) is 1.21. The number of carbonyl (C=O) groups excluding carboxylic acids is 1. The van der Waals surface area contributed by atoms with E-state index in [1.165, 1.54) is 12.3 Å². The third kappa shape index (κ3) is 3.73. The number of rotatable bonds is 5. The van der Waals surface area contributed by atoms with E-state index in [1.54, 1.807) is 6.07 Å². The summed E-state index contributed by atoms with van der Waals surface area (Å²) >= 11 is 0. The molecule has 0 atom stereocenters. The molecule has 2 aromatic carbocycles. The van der Waals surface area contributed by atoms with Crippen LogP contribution in [0.1, 0.15) is 16.1 Å². The second-order valence-electron chi connectivity index (χ2n) is 5.22. The summed E-state index contributed by atoms with van der Waals surface area (Å²) in [5.74, 6) is -1.21. The number of benzene rings is 2. The second kappa shape index (κ2) is 7.26. The monoisotopic (exact) mass is 350 g/mol. The maximum absolute atomic E-state index is 12.1. The van der Waals surface area contributed by atoms with E-state index in [-0.39, 0.29) is 5.69 Å². The van der Waals surface area contributed by atoms with Crippen molar-refractivity contribution in [3.05, 3.63) is 76.0 Å². The van der Waals surface area contributed by atoms with Crippen LogP contribution in [0.2, 0.25) is 0 Å². The molecule has 0 saturated heterocycles. The predicted octanol–water partition coefficient (Wildman–Crippen LogP) is 1.82. The Labute approximate surface area is 147 Å². The van der Waals surface area contributed by atoms with Crippen molar-refractivity contribution in [2.24, 2.45) is 5.10 Å². The summed E-state index contributed by atoms with van der Waals surface area (Å²) in [5, 5.41) is 32.5. The fourth-order valence-electron chi connectivity index (χ4n) is 2.18. The number of carbonyl (C=O) groups is 1. The molecule has 0 aliphatic rings. The summed E-state index contributed by atoms with van der Waals surface area (Å²) in [4.78, 5) is 22.0. The van der Waals surface area contributed by atoms with Gasteiger partial charge in [-0.1, -0.05) is 42.5 Å². The summed E-state index contributed by atoms with van der Waals surface area (Å²) in [7, 11) is 0. The van der Waals surface area contributed by atoms with Crippen LogP contribution < -0.4 is 10.5 Å². The van der Waals surface area contributed by atoms with Gasteiger partial charge in [-0.2, -0.15) is 10.2 Å². The molecule has 0 saturated carbocycles. The van der Waals surface area contributed by atoms with Gasteiger partial charge in [0, 0.05) is 17.2 Å². The fraction of sp³-hybridized carbons (Fsp3) is 0. The van der Waals surface area contributed by atoms with E-state index in [9.17, 15) is 20.0 Å². The number of hydrogen-bond acceptors (Lipinski definition) is 6. The van der Waals surface area contributed by atoms with Gasteiger partial charge in [0.2, 0.25) is 0 Å². The molecule has 0 aliphatic heterocycles. The molecule has 0 bridgehead atoms. The molecule has 130 valence electrons. The second-order valence-corrected chi connectivity index (χ2v) is 5.22. The van der Waals surface area contributed by atoms with Crippen LogP contribution in [0.25, 0.3) is 11.3 Å². The molecule has 3 rings (SSSR count). The lowest BCUT2D eigenvalue weighted by atomic mass is 10.1. The first-order chi connectivity index (χ1) is 12.5. The summed E-state index contributed by atoms with van der Waals surface area (Å²) in [6.45, 7) is 0. The zero-order valence-electron chi connectivity index (χ0n) is 13.2. The molecular weight excluding hydrogens is 338 g/mol. The molecule has 0 aliphatic carbocycles. The number of hydrogen-bond donors (Lipinski definition) is 2. The molecule has 9 nitrogen and oxygen atoms in total. The minimum absolute atomic E-state index is 0.210. The van der Waals surface area contributed by atoms with Gasteiger partial charge in [0.1, 0.15) is 5.69 Å². The van der Waals surface area contributed by atoms with E-state index < -0.39 is 22.3 Å². The largest absolute Gasteiger partial charge is 0.868 e. The van der Waals surface area contributed by atoms with Crippen LogP contribution in [0.15, 0.2) is 59.7 Å². The first-order valence-electron chi connectivity index (χ1n) is 7.44. The Morgan fingerprint density at radius 2 is 1.96 bits per heavy atom. The van der Waals surface area contributed by atoms with Crippen molar-refractivity contribution >= 4 is 17.8 Å². The lowest BCUT2D eigenvalue weighted by molar-refractivity contribution is -0.398. The van der Waals surface area contributed by atoms with E-state index in [1.807, 2.05) is 30.3 Å². The third-order valence-corrected chi connectivity index (χ3v) is 3.45. The number of hydrazone groups is 1. The number of amides is 1. The van der Waals surface area contributed by atoms with Gasteiger partial charge in [-0.05, 0) is 11.8 Å². The first-order valence-corrected chi connectivity index (χ1v) is 7.44. The summed E-state index contributed by atoms with van der Waals surface area (Å²) in [6, 6.07) is 14.4. The predicted molar refractivity (Wildman–Crippen MR) is 91.6 cm³/mol. The number of nitro benzene ring substituents is 1.